The third-order valence-corrected chi connectivity index (χ3v) is 11.4. The van der Waals surface area contributed by atoms with E-state index in [9.17, 15) is 29.7 Å². The zero-order valence-electron chi connectivity index (χ0n) is 30.0. The standard InChI is InChI=1S/C49H21N5O4/c1-52-31-15-26(24-51)14-28(16-31)30-19-37-45-39(20-30)49(58)35-21-34-42(22-43(35)54(45)41-9-5-3-7-33(41)47(37)56)53-40-8-4-2-6-32(40)46(55)36-17-29(18-38(44(36)53)48(34)57)27-12-10-25(23-50)11-13-27/h2-22H. The van der Waals surface area contributed by atoms with E-state index in [-0.39, 0.29) is 49.1 Å². The Morgan fingerprint density at radius 3 is 1.34 bits per heavy atom. The number of para-hydroxylation sites is 2. The van der Waals surface area contributed by atoms with Crippen molar-refractivity contribution in [2.75, 3.05) is 0 Å². The van der Waals surface area contributed by atoms with Crippen LogP contribution in [0.4, 0.5) is 5.69 Å². The number of fused-ring (bicyclic) bond motifs is 8. The Balaban J connectivity index is 1.36. The lowest BCUT2D eigenvalue weighted by Crippen LogP contribution is -2.17. The fourth-order valence-electron chi connectivity index (χ4n) is 8.77. The van der Waals surface area contributed by atoms with Crippen molar-refractivity contribution in [2.24, 2.45) is 0 Å². The Bertz CT molecular complexity index is 4060. The molecule has 4 aromatic heterocycles. The van der Waals surface area contributed by atoms with Gasteiger partial charge in [-0.05, 0) is 113 Å². The van der Waals surface area contributed by atoms with E-state index in [1.165, 1.54) is 6.07 Å². The largest absolute Gasteiger partial charge is 0.307 e. The van der Waals surface area contributed by atoms with Crippen LogP contribution in [-0.4, -0.2) is 8.80 Å². The van der Waals surface area contributed by atoms with E-state index < -0.39 is 5.43 Å². The predicted octanol–water partition coefficient (Wildman–Crippen LogP) is 9.06. The highest BCUT2D eigenvalue weighted by molar-refractivity contribution is 6.14. The molecule has 0 radical (unpaired) electrons. The van der Waals surface area contributed by atoms with Crippen LogP contribution in [-0.2, 0) is 0 Å². The summed E-state index contributed by atoms with van der Waals surface area (Å²) in [6.07, 6.45) is 0. The quantitative estimate of drug-likeness (QED) is 0.0987. The molecular weight excluding hydrogens is 723 g/mol. The molecule has 11 rings (SSSR count). The van der Waals surface area contributed by atoms with Crippen molar-refractivity contribution in [1.29, 1.82) is 10.5 Å². The van der Waals surface area contributed by atoms with E-state index in [0.29, 0.717) is 76.9 Å². The topological polar surface area (TPSA) is 129 Å². The predicted molar refractivity (Wildman–Crippen MR) is 227 cm³/mol. The highest BCUT2D eigenvalue weighted by atomic mass is 16.1. The fourth-order valence-corrected chi connectivity index (χ4v) is 8.77. The van der Waals surface area contributed by atoms with Crippen molar-refractivity contribution >= 4 is 81.9 Å². The van der Waals surface area contributed by atoms with Gasteiger partial charge in [-0.15, -0.1) is 0 Å². The van der Waals surface area contributed by atoms with Gasteiger partial charge in [0, 0.05) is 48.7 Å². The first-order valence-electron chi connectivity index (χ1n) is 18.2. The van der Waals surface area contributed by atoms with E-state index >= 15 is 0 Å². The molecule has 0 unspecified atom stereocenters. The van der Waals surface area contributed by atoms with Gasteiger partial charge in [-0.1, -0.05) is 36.4 Å². The average molecular weight is 744 g/mol. The molecule has 0 bridgehead atoms. The summed E-state index contributed by atoms with van der Waals surface area (Å²) in [5.74, 6) is 0. The minimum absolute atomic E-state index is 0.232. The van der Waals surface area contributed by atoms with Gasteiger partial charge in [0.2, 0.25) is 0 Å². The summed E-state index contributed by atoms with van der Waals surface area (Å²) in [6, 6.07) is 40.6. The Labute approximate surface area is 325 Å². The van der Waals surface area contributed by atoms with Crippen LogP contribution in [0.5, 0.6) is 0 Å². The Kier molecular flexibility index (Phi) is 6.57. The first kappa shape index (κ1) is 32.7. The molecule has 9 nitrogen and oxygen atoms in total. The minimum Gasteiger partial charge on any atom is -0.307 e. The normalized spacial score (nSPS) is 11.7. The van der Waals surface area contributed by atoms with Gasteiger partial charge in [0.05, 0.1) is 57.4 Å². The highest BCUT2D eigenvalue weighted by Gasteiger charge is 2.23. The number of hydrogen-bond acceptors (Lipinski definition) is 6. The van der Waals surface area contributed by atoms with Crippen LogP contribution in [0.3, 0.4) is 0 Å². The highest BCUT2D eigenvalue weighted by Crippen LogP contribution is 2.36. The second-order valence-corrected chi connectivity index (χ2v) is 14.4. The molecule has 266 valence electrons. The van der Waals surface area contributed by atoms with Gasteiger partial charge < -0.3 is 8.80 Å². The van der Waals surface area contributed by atoms with Crippen molar-refractivity contribution < 1.29 is 0 Å². The molecule has 0 fully saturated rings. The maximum Gasteiger partial charge on any atom is 0.197 e. The van der Waals surface area contributed by atoms with Crippen molar-refractivity contribution in [3.63, 3.8) is 0 Å². The number of aromatic nitrogens is 2. The Hall–Kier alpha value is -8.71. The van der Waals surface area contributed by atoms with Crippen molar-refractivity contribution in [2.45, 2.75) is 0 Å². The van der Waals surface area contributed by atoms with E-state index in [0.717, 1.165) is 5.56 Å². The van der Waals surface area contributed by atoms with Gasteiger partial charge in [-0.3, -0.25) is 19.2 Å². The third kappa shape index (κ3) is 4.31. The van der Waals surface area contributed by atoms with Gasteiger partial charge in [-0.2, -0.15) is 10.5 Å². The Morgan fingerprint density at radius 2 is 0.862 bits per heavy atom. The van der Waals surface area contributed by atoms with Crippen LogP contribution in [0.15, 0.2) is 147 Å². The lowest BCUT2D eigenvalue weighted by Gasteiger charge is -2.19. The van der Waals surface area contributed by atoms with Crippen molar-refractivity contribution in [1.82, 2.24) is 8.80 Å². The number of pyridine rings is 4. The molecule has 0 N–H and O–H groups in total. The molecule has 0 aliphatic carbocycles. The van der Waals surface area contributed by atoms with Gasteiger partial charge in [-0.25, -0.2) is 4.85 Å². The summed E-state index contributed by atoms with van der Waals surface area (Å²) in [4.78, 5) is 62.0. The number of rotatable bonds is 2. The SMILES string of the molecule is [C-]#[N+]c1cc(C#N)cc(-c2cc3c(=O)c4ccccc4n4c5cc6c(cc5c(=O)c(c2)c34)c(=O)c2cc(-c3ccc(C#N)cc3)cc3c(=O)c4ccccc4n6c32)c1. The van der Waals surface area contributed by atoms with Gasteiger partial charge >= 0.3 is 0 Å². The second kappa shape index (κ2) is 11.6. The summed E-state index contributed by atoms with van der Waals surface area (Å²) in [5.41, 5.74) is 4.98. The van der Waals surface area contributed by atoms with E-state index in [4.69, 9.17) is 6.57 Å². The number of benzene rings is 7. The molecule has 9 heteroatoms. The molecule has 4 heterocycles. The summed E-state index contributed by atoms with van der Waals surface area (Å²) in [7, 11) is 0. The molecule has 0 aliphatic heterocycles. The van der Waals surface area contributed by atoms with E-state index in [2.05, 4.69) is 17.0 Å². The van der Waals surface area contributed by atoms with Crippen LogP contribution in [0.2, 0.25) is 0 Å². The van der Waals surface area contributed by atoms with Crippen molar-refractivity contribution in [3.05, 3.63) is 191 Å². The number of hydrogen-bond donors (Lipinski definition) is 0. The summed E-state index contributed by atoms with van der Waals surface area (Å²) in [5, 5.41) is 21.7. The molecular formula is C49H21N5O4. The van der Waals surface area contributed by atoms with Crippen LogP contribution in [0, 0.1) is 29.2 Å². The van der Waals surface area contributed by atoms with Crippen molar-refractivity contribution in [3.8, 4) is 34.4 Å². The van der Waals surface area contributed by atoms with Crippen LogP contribution in [0.25, 0.3) is 103 Å². The number of nitriles is 2. The molecule has 0 saturated heterocycles. The molecule has 0 amide bonds. The molecule has 11 aromatic rings. The van der Waals surface area contributed by atoms with Crippen LogP contribution < -0.4 is 21.7 Å². The van der Waals surface area contributed by atoms with E-state index in [1.807, 2.05) is 33.1 Å². The zero-order valence-corrected chi connectivity index (χ0v) is 30.0. The van der Waals surface area contributed by atoms with Gasteiger partial charge in [0.1, 0.15) is 0 Å². The van der Waals surface area contributed by atoms with Gasteiger partial charge in [0.15, 0.2) is 27.4 Å². The van der Waals surface area contributed by atoms with Gasteiger partial charge in [0.25, 0.3) is 0 Å². The maximum absolute atomic E-state index is 15.0. The fraction of sp³-hybridized carbons (Fsp3) is 0. The molecule has 0 atom stereocenters. The third-order valence-electron chi connectivity index (χ3n) is 11.4. The number of nitrogens with zero attached hydrogens (tertiary/aromatic N) is 5. The smallest absolute Gasteiger partial charge is 0.197 e. The summed E-state index contributed by atoms with van der Waals surface area (Å²) >= 11 is 0. The summed E-state index contributed by atoms with van der Waals surface area (Å²) in [6.45, 7) is 7.61. The second-order valence-electron chi connectivity index (χ2n) is 14.4. The molecule has 0 spiro atoms. The Morgan fingerprint density at radius 1 is 0.414 bits per heavy atom. The first-order valence-corrected chi connectivity index (χ1v) is 18.2. The zero-order chi connectivity index (χ0) is 39.6. The van der Waals surface area contributed by atoms with E-state index in [1.54, 1.807) is 97.1 Å². The van der Waals surface area contributed by atoms with Crippen LogP contribution >= 0.6 is 0 Å². The summed E-state index contributed by atoms with van der Waals surface area (Å²) < 4.78 is 3.82. The minimum atomic E-state index is -0.402. The van der Waals surface area contributed by atoms with Crippen LogP contribution in [0.1, 0.15) is 11.1 Å². The molecule has 0 saturated carbocycles. The monoisotopic (exact) mass is 743 g/mol. The first-order chi connectivity index (χ1) is 28.3. The maximum atomic E-state index is 15.0. The molecule has 7 aromatic carbocycles. The molecule has 0 aliphatic rings. The lowest BCUT2D eigenvalue weighted by atomic mass is 9.94. The lowest BCUT2D eigenvalue weighted by molar-refractivity contribution is 1.29. The average Bonchev–Trinajstić information content (AvgIpc) is 3.27. The molecule has 58 heavy (non-hydrogen) atoms.